The highest BCUT2D eigenvalue weighted by atomic mass is 16.1. The Labute approximate surface area is 73.5 Å². The Morgan fingerprint density at radius 2 is 2.33 bits per heavy atom. The number of ketones is 1. The first-order chi connectivity index (χ1) is 5.70. The second kappa shape index (κ2) is 4.05. The predicted octanol–water partition coefficient (Wildman–Crippen LogP) is 2.65. The Hall–Kier alpha value is -1.11. The fourth-order valence-electron chi connectivity index (χ4n) is 1.10. The van der Waals surface area contributed by atoms with Crippen molar-refractivity contribution in [3.05, 3.63) is 36.0 Å². The molecule has 0 heterocycles. The molecule has 0 bridgehead atoms. The van der Waals surface area contributed by atoms with Crippen molar-refractivity contribution in [2.45, 2.75) is 20.3 Å². The van der Waals surface area contributed by atoms with E-state index in [-0.39, 0.29) is 5.78 Å². The highest BCUT2D eigenvalue weighted by Crippen LogP contribution is 2.11. The molecule has 0 N–H and O–H groups in total. The van der Waals surface area contributed by atoms with Crippen LogP contribution in [0.15, 0.2) is 36.0 Å². The largest absolute Gasteiger partial charge is 0.295 e. The van der Waals surface area contributed by atoms with Crippen LogP contribution in [0, 0.1) is 5.92 Å². The minimum Gasteiger partial charge on any atom is -0.295 e. The number of carbonyl (C=O) groups is 1. The summed E-state index contributed by atoms with van der Waals surface area (Å²) in [6, 6.07) is 0. The van der Waals surface area contributed by atoms with Gasteiger partial charge in [0.2, 0.25) is 0 Å². The van der Waals surface area contributed by atoms with Gasteiger partial charge in [0.1, 0.15) is 0 Å². The van der Waals surface area contributed by atoms with Crippen molar-refractivity contribution in [3.63, 3.8) is 0 Å². The van der Waals surface area contributed by atoms with Gasteiger partial charge in [-0.05, 0) is 19.3 Å². The number of carbonyl (C=O) groups excluding carboxylic acids is 1. The lowest BCUT2D eigenvalue weighted by Crippen LogP contribution is -1.96. The van der Waals surface area contributed by atoms with E-state index < -0.39 is 0 Å². The summed E-state index contributed by atoms with van der Waals surface area (Å²) in [5, 5.41) is 0. The summed E-state index contributed by atoms with van der Waals surface area (Å²) in [4.78, 5) is 11.0. The minimum absolute atomic E-state index is 0.130. The van der Waals surface area contributed by atoms with Crippen LogP contribution in [-0.2, 0) is 4.79 Å². The zero-order valence-corrected chi connectivity index (χ0v) is 7.58. The van der Waals surface area contributed by atoms with E-state index in [2.05, 4.69) is 19.1 Å². The summed E-state index contributed by atoms with van der Waals surface area (Å²) in [5.74, 6) is 0.661. The maximum Gasteiger partial charge on any atom is 0.159 e. The maximum atomic E-state index is 11.0. The van der Waals surface area contributed by atoms with Gasteiger partial charge in [0.05, 0.1) is 0 Å². The molecule has 0 saturated carbocycles. The molecule has 1 nitrogen and oxygen atoms in total. The van der Waals surface area contributed by atoms with Crippen molar-refractivity contribution >= 4 is 5.78 Å². The first-order valence-electron chi connectivity index (χ1n) is 4.26. The van der Waals surface area contributed by atoms with Crippen LogP contribution in [0.1, 0.15) is 20.3 Å². The van der Waals surface area contributed by atoms with Gasteiger partial charge < -0.3 is 0 Å². The van der Waals surface area contributed by atoms with E-state index in [1.54, 1.807) is 6.92 Å². The SMILES string of the molecule is CC(=O)C1=C/C=C\CC(C)/C=C\1. The normalized spacial score (nSPS) is 32.5. The van der Waals surface area contributed by atoms with E-state index in [1.165, 1.54) is 0 Å². The first kappa shape index (κ1) is 8.98. The molecule has 0 amide bonds. The van der Waals surface area contributed by atoms with Gasteiger partial charge in [-0.25, -0.2) is 0 Å². The molecule has 1 aliphatic carbocycles. The summed E-state index contributed by atoms with van der Waals surface area (Å²) < 4.78 is 0. The molecule has 1 unspecified atom stereocenters. The maximum absolute atomic E-state index is 11.0. The fraction of sp³-hybridized carbons (Fsp3) is 0.364. The van der Waals surface area contributed by atoms with Crippen LogP contribution in [0.25, 0.3) is 0 Å². The molecule has 1 aliphatic rings. The number of Topliss-reactive ketones (excluding diaryl/α,β-unsaturated/α-hetero) is 1. The summed E-state index contributed by atoms with van der Waals surface area (Å²) in [6.07, 6.45) is 11.0. The fourth-order valence-corrected chi connectivity index (χ4v) is 1.10. The lowest BCUT2D eigenvalue weighted by molar-refractivity contribution is -0.113. The molecular weight excluding hydrogens is 148 g/mol. The van der Waals surface area contributed by atoms with Crippen molar-refractivity contribution in [2.24, 2.45) is 5.92 Å². The van der Waals surface area contributed by atoms with E-state index >= 15 is 0 Å². The van der Waals surface area contributed by atoms with Crippen LogP contribution in [-0.4, -0.2) is 5.78 Å². The van der Waals surface area contributed by atoms with Gasteiger partial charge in [-0.2, -0.15) is 0 Å². The van der Waals surface area contributed by atoms with Crippen molar-refractivity contribution in [2.75, 3.05) is 0 Å². The van der Waals surface area contributed by atoms with E-state index in [0.29, 0.717) is 5.92 Å². The Morgan fingerprint density at radius 3 is 3.00 bits per heavy atom. The molecule has 0 radical (unpaired) electrons. The molecule has 0 aliphatic heterocycles. The van der Waals surface area contributed by atoms with Crippen LogP contribution in [0.4, 0.5) is 0 Å². The third-order valence-corrected chi connectivity index (χ3v) is 1.93. The second-order valence-corrected chi connectivity index (χ2v) is 3.18. The summed E-state index contributed by atoms with van der Waals surface area (Å²) >= 11 is 0. The van der Waals surface area contributed by atoms with Crippen LogP contribution >= 0.6 is 0 Å². The van der Waals surface area contributed by atoms with Crippen molar-refractivity contribution in [3.8, 4) is 0 Å². The zero-order chi connectivity index (χ0) is 8.97. The number of hydrogen-bond donors (Lipinski definition) is 0. The molecule has 0 spiro atoms. The quantitative estimate of drug-likeness (QED) is 0.579. The monoisotopic (exact) mass is 162 g/mol. The van der Waals surface area contributed by atoms with Gasteiger partial charge in [0.15, 0.2) is 5.78 Å². The van der Waals surface area contributed by atoms with Crippen molar-refractivity contribution < 1.29 is 4.79 Å². The van der Waals surface area contributed by atoms with E-state index in [4.69, 9.17) is 0 Å². The van der Waals surface area contributed by atoms with E-state index in [9.17, 15) is 4.79 Å². The molecular formula is C11H14O. The molecule has 64 valence electrons. The van der Waals surface area contributed by atoms with Crippen LogP contribution in [0.5, 0.6) is 0 Å². The highest BCUT2D eigenvalue weighted by Gasteiger charge is 2.01. The van der Waals surface area contributed by atoms with E-state index in [0.717, 1.165) is 12.0 Å². The van der Waals surface area contributed by atoms with Crippen LogP contribution in [0.2, 0.25) is 0 Å². The van der Waals surface area contributed by atoms with Crippen molar-refractivity contribution in [1.82, 2.24) is 0 Å². The molecule has 0 aromatic rings. The number of hydrogen-bond acceptors (Lipinski definition) is 1. The Kier molecular flexibility index (Phi) is 3.03. The molecule has 0 aromatic heterocycles. The molecule has 0 aromatic carbocycles. The summed E-state index contributed by atoms with van der Waals surface area (Å²) in [6.45, 7) is 3.74. The molecule has 0 saturated heterocycles. The number of allylic oxidation sites excluding steroid dienone is 6. The van der Waals surface area contributed by atoms with Gasteiger partial charge in [-0.1, -0.05) is 37.3 Å². The van der Waals surface area contributed by atoms with Gasteiger partial charge in [0.25, 0.3) is 0 Å². The Balaban J connectivity index is 2.85. The van der Waals surface area contributed by atoms with Gasteiger partial charge >= 0.3 is 0 Å². The third-order valence-electron chi connectivity index (χ3n) is 1.93. The average Bonchev–Trinajstić information content (AvgIpc) is 1.97. The molecule has 1 heteroatoms. The standard InChI is InChI=1S/C11H14O/c1-9-5-3-4-6-11(8-7-9)10(2)12/h3-4,6-9H,5H2,1-2H3/b4-3-,8-7-,11-6+. The Morgan fingerprint density at radius 1 is 1.58 bits per heavy atom. The van der Waals surface area contributed by atoms with Crippen LogP contribution < -0.4 is 0 Å². The highest BCUT2D eigenvalue weighted by molar-refractivity contribution is 5.96. The van der Waals surface area contributed by atoms with Crippen molar-refractivity contribution in [1.29, 1.82) is 0 Å². The van der Waals surface area contributed by atoms with Gasteiger partial charge in [0, 0.05) is 5.57 Å². The average molecular weight is 162 g/mol. The van der Waals surface area contributed by atoms with Crippen LogP contribution in [0.3, 0.4) is 0 Å². The van der Waals surface area contributed by atoms with E-state index in [1.807, 2.05) is 18.2 Å². The molecule has 1 rings (SSSR count). The van der Waals surface area contributed by atoms with Gasteiger partial charge in [-0.3, -0.25) is 4.79 Å². The minimum atomic E-state index is 0.130. The second-order valence-electron chi connectivity index (χ2n) is 3.18. The zero-order valence-electron chi connectivity index (χ0n) is 7.58. The summed E-state index contributed by atoms with van der Waals surface area (Å²) in [7, 11) is 0. The lowest BCUT2D eigenvalue weighted by Gasteiger charge is -2.04. The smallest absolute Gasteiger partial charge is 0.159 e. The topological polar surface area (TPSA) is 17.1 Å². The van der Waals surface area contributed by atoms with Gasteiger partial charge in [-0.15, -0.1) is 0 Å². The summed E-state index contributed by atoms with van der Waals surface area (Å²) in [5.41, 5.74) is 0.790. The Bertz CT molecular complexity index is 256. The number of rotatable bonds is 1. The molecule has 1 atom stereocenters. The lowest BCUT2D eigenvalue weighted by atomic mass is 10.0. The molecule has 0 fully saturated rings. The third kappa shape index (κ3) is 2.50. The predicted molar refractivity (Wildman–Crippen MR) is 50.8 cm³/mol. The first-order valence-corrected chi connectivity index (χ1v) is 4.26. The molecule has 12 heavy (non-hydrogen) atoms.